The van der Waals surface area contributed by atoms with E-state index in [1.807, 2.05) is 6.21 Å². The van der Waals surface area contributed by atoms with Crippen LogP contribution in [0.1, 0.15) is 55.2 Å². The largest absolute Gasteiger partial charge is 0.256 e. The minimum absolute atomic E-state index is 0.580. The van der Waals surface area contributed by atoms with E-state index in [2.05, 4.69) is 67.4 Å². The van der Waals surface area contributed by atoms with Gasteiger partial charge in [0.05, 0.1) is 5.69 Å². The van der Waals surface area contributed by atoms with E-state index in [9.17, 15) is 0 Å². The first-order valence-electron chi connectivity index (χ1n) is 7.47. The summed E-state index contributed by atoms with van der Waals surface area (Å²) in [6.45, 7) is 4.43. The Bertz CT molecular complexity index is 604. The van der Waals surface area contributed by atoms with Crippen LogP contribution < -0.4 is 0 Å². The highest BCUT2D eigenvalue weighted by molar-refractivity contribution is 5.82. The molecule has 0 N–H and O–H groups in total. The molecule has 0 bridgehead atoms. The van der Waals surface area contributed by atoms with Crippen molar-refractivity contribution in [3.63, 3.8) is 0 Å². The fraction of sp³-hybridized carbons (Fsp3) is 0.316. The number of hydrogen-bond donors (Lipinski definition) is 0. The number of hydrogen-bond acceptors (Lipinski definition) is 1. The zero-order valence-electron chi connectivity index (χ0n) is 12.2. The van der Waals surface area contributed by atoms with Crippen molar-refractivity contribution in [2.24, 2.45) is 4.99 Å². The molecule has 0 heterocycles. The van der Waals surface area contributed by atoms with E-state index in [0.717, 1.165) is 11.6 Å². The predicted octanol–water partition coefficient (Wildman–Crippen LogP) is 5.44. The van der Waals surface area contributed by atoms with Crippen LogP contribution in [0.3, 0.4) is 0 Å². The van der Waals surface area contributed by atoms with Crippen molar-refractivity contribution >= 4 is 11.9 Å². The molecule has 0 aliphatic heterocycles. The predicted molar refractivity (Wildman–Crippen MR) is 86.2 cm³/mol. The van der Waals surface area contributed by atoms with Crippen LogP contribution in [-0.4, -0.2) is 6.21 Å². The van der Waals surface area contributed by atoms with E-state index in [-0.39, 0.29) is 0 Å². The van der Waals surface area contributed by atoms with Gasteiger partial charge in [-0.1, -0.05) is 56.3 Å². The molecule has 0 amide bonds. The molecular formula is C19H21N. The van der Waals surface area contributed by atoms with Gasteiger partial charge in [0.1, 0.15) is 0 Å². The van der Waals surface area contributed by atoms with Gasteiger partial charge in [-0.05, 0) is 47.4 Å². The number of para-hydroxylation sites is 1. The van der Waals surface area contributed by atoms with E-state index in [0.29, 0.717) is 5.92 Å². The zero-order chi connectivity index (χ0) is 13.9. The molecule has 0 atom stereocenters. The molecule has 20 heavy (non-hydrogen) atoms. The van der Waals surface area contributed by atoms with Crippen molar-refractivity contribution in [3.8, 4) is 0 Å². The third kappa shape index (κ3) is 2.98. The lowest BCUT2D eigenvalue weighted by Crippen LogP contribution is -1.88. The molecule has 1 saturated carbocycles. The molecule has 0 saturated heterocycles. The van der Waals surface area contributed by atoms with Crippen LogP contribution >= 0.6 is 0 Å². The quantitative estimate of drug-likeness (QED) is 0.651. The van der Waals surface area contributed by atoms with Gasteiger partial charge in [-0.15, -0.1) is 0 Å². The van der Waals surface area contributed by atoms with Gasteiger partial charge in [-0.2, -0.15) is 0 Å². The molecular weight excluding hydrogens is 242 g/mol. The number of benzene rings is 2. The van der Waals surface area contributed by atoms with E-state index in [1.54, 1.807) is 0 Å². The molecule has 0 unspecified atom stereocenters. The van der Waals surface area contributed by atoms with Gasteiger partial charge in [0.2, 0.25) is 0 Å². The second-order valence-electron chi connectivity index (χ2n) is 5.91. The normalized spacial score (nSPS) is 15.2. The minimum Gasteiger partial charge on any atom is -0.256 e. The minimum atomic E-state index is 0.580. The van der Waals surface area contributed by atoms with E-state index >= 15 is 0 Å². The van der Waals surface area contributed by atoms with Crippen LogP contribution in [0.2, 0.25) is 0 Å². The topological polar surface area (TPSA) is 12.4 Å². The molecule has 1 aliphatic rings. The monoisotopic (exact) mass is 263 g/mol. The molecule has 1 aliphatic carbocycles. The maximum absolute atomic E-state index is 4.69. The summed E-state index contributed by atoms with van der Waals surface area (Å²) >= 11 is 0. The Morgan fingerprint density at radius 3 is 2.35 bits per heavy atom. The lowest BCUT2D eigenvalue weighted by atomic mass is 10.0. The highest BCUT2D eigenvalue weighted by atomic mass is 14.7. The van der Waals surface area contributed by atoms with Gasteiger partial charge in [0.15, 0.2) is 0 Å². The first-order chi connectivity index (χ1) is 9.74. The smallest absolute Gasteiger partial charge is 0.0664 e. The Hall–Kier alpha value is -1.89. The first-order valence-corrected chi connectivity index (χ1v) is 7.47. The van der Waals surface area contributed by atoms with Gasteiger partial charge < -0.3 is 0 Å². The summed E-state index contributed by atoms with van der Waals surface area (Å²) in [6, 6.07) is 17.2. The average molecular weight is 263 g/mol. The van der Waals surface area contributed by atoms with Crippen molar-refractivity contribution in [2.75, 3.05) is 0 Å². The van der Waals surface area contributed by atoms with Crippen LogP contribution in [0.25, 0.3) is 0 Å². The Morgan fingerprint density at radius 2 is 1.70 bits per heavy atom. The molecule has 1 fully saturated rings. The Labute approximate surface area is 121 Å². The molecule has 0 spiro atoms. The second-order valence-corrected chi connectivity index (χ2v) is 5.91. The number of rotatable bonds is 4. The summed E-state index contributed by atoms with van der Waals surface area (Å²) in [5.41, 5.74) is 5.08. The molecule has 0 radical (unpaired) electrons. The Kier molecular flexibility index (Phi) is 3.68. The summed E-state index contributed by atoms with van der Waals surface area (Å²) in [4.78, 5) is 4.69. The fourth-order valence-corrected chi connectivity index (χ4v) is 2.46. The standard InChI is InChI=1S/C19H21N/c1-14(2)16-9-7-15(8-10-16)13-20-19-6-4-3-5-18(19)17-11-12-17/h3-10,13-14,17H,11-12H2,1-2H3. The van der Waals surface area contributed by atoms with E-state index in [4.69, 9.17) is 0 Å². The van der Waals surface area contributed by atoms with Gasteiger partial charge in [-0.25, -0.2) is 0 Å². The summed E-state index contributed by atoms with van der Waals surface area (Å²) in [7, 11) is 0. The van der Waals surface area contributed by atoms with Crippen LogP contribution in [-0.2, 0) is 0 Å². The lowest BCUT2D eigenvalue weighted by molar-refractivity contribution is 0.866. The van der Waals surface area contributed by atoms with Crippen LogP contribution in [0, 0.1) is 0 Å². The van der Waals surface area contributed by atoms with Gasteiger partial charge >= 0.3 is 0 Å². The van der Waals surface area contributed by atoms with Crippen molar-refractivity contribution in [1.29, 1.82) is 0 Å². The number of aliphatic imine (C=N–C) groups is 1. The molecule has 1 heteroatoms. The third-order valence-electron chi connectivity index (χ3n) is 3.91. The van der Waals surface area contributed by atoms with Gasteiger partial charge in [-0.3, -0.25) is 4.99 Å². The van der Waals surface area contributed by atoms with Crippen molar-refractivity contribution in [2.45, 2.75) is 38.5 Å². The molecule has 102 valence electrons. The summed E-state index contributed by atoms with van der Waals surface area (Å²) in [6.07, 6.45) is 4.61. The van der Waals surface area contributed by atoms with Crippen molar-refractivity contribution < 1.29 is 0 Å². The Balaban J connectivity index is 1.80. The van der Waals surface area contributed by atoms with Crippen molar-refractivity contribution in [3.05, 3.63) is 65.2 Å². The molecule has 2 aromatic carbocycles. The van der Waals surface area contributed by atoms with Crippen LogP contribution in [0.15, 0.2) is 53.5 Å². The second kappa shape index (κ2) is 5.62. The third-order valence-corrected chi connectivity index (χ3v) is 3.91. The maximum atomic E-state index is 4.69. The average Bonchev–Trinajstić information content (AvgIpc) is 3.30. The summed E-state index contributed by atoms with van der Waals surface area (Å²) in [5, 5.41) is 0. The Morgan fingerprint density at radius 1 is 1.00 bits per heavy atom. The fourth-order valence-electron chi connectivity index (χ4n) is 2.46. The van der Waals surface area contributed by atoms with Gasteiger partial charge in [0.25, 0.3) is 0 Å². The lowest BCUT2D eigenvalue weighted by Gasteiger charge is -2.05. The molecule has 1 nitrogen and oxygen atoms in total. The first kappa shape index (κ1) is 13.1. The highest BCUT2D eigenvalue weighted by Gasteiger charge is 2.25. The van der Waals surface area contributed by atoms with Crippen LogP contribution in [0.5, 0.6) is 0 Å². The maximum Gasteiger partial charge on any atom is 0.0664 e. The summed E-state index contributed by atoms with van der Waals surface area (Å²) in [5.74, 6) is 1.32. The van der Waals surface area contributed by atoms with E-state index < -0.39 is 0 Å². The highest BCUT2D eigenvalue weighted by Crippen LogP contribution is 2.44. The van der Waals surface area contributed by atoms with E-state index in [1.165, 1.54) is 29.5 Å². The SMILES string of the molecule is CC(C)c1ccc(C=Nc2ccccc2C2CC2)cc1. The van der Waals surface area contributed by atoms with Gasteiger partial charge in [0, 0.05) is 6.21 Å². The zero-order valence-corrected chi connectivity index (χ0v) is 12.2. The molecule has 0 aromatic heterocycles. The molecule has 2 aromatic rings. The van der Waals surface area contributed by atoms with Crippen LogP contribution in [0.4, 0.5) is 5.69 Å². The summed E-state index contributed by atoms with van der Waals surface area (Å²) < 4.78 is 0. The van der Waals surface area contributed by atoms with Crippen molar-refractivity contribution in [1.82, 2.24) is 0 Å². The number of nitrogens with zero attached hydrogens (tertiary/aromatic N) is 1. The molecule has 3 rings (SSSR count).